The fourth-order valence-electron chi connectivity index (χ4n) is 3.62. The second kappa shape index (κ2) is 10.0. The summed E-state index contributed by atoms with van der Waals surface area (Å²) in [5.74, 6) is 0. The van der Waals surface area contributed by atoms with Crippen LogP contribution in [0.3, 0.4) is 0 Å². The van der Waals surface area contributed by atoms with Crippen LogP contribution in [0.25, 0.3) is 0 Å². The van der Waals surface area contributed by atoms with Crippen LogP contribution in [-0.2, 0) is 23.7 Å². The molecule has 0 aliphatic carbocycles. The van der Waals surface area contributed by atoms with Crippen molar-refractivity contribution in [3.8, 4) is 0 Å². The number of ether oxygens (including phenoxy) is 5. The van der Waals surface area contributed by atoms with Crippen LogP contribution in [0.2, 0.25) is 0 Å². The number of amides is 1. The highest BCUT2D eigenvalue weighted by Gasteiger charge is 2.48. The molecular weight excluding hydrogens is 354 g/mol. The second-order valence-electron chi connectivity index (χ2n) is 8.33. The Kier molecular flexibility index (Phi) is 8.30. The summed E-state index contributed by atoms with van der Waals surface area (Å²) >= 11 is 0. The van der Waals surface area contributed by atoms with Crippen LogP contribution in [0.1, 0.15) is 40.0 Å². The molecule has 2 bridgehead atoms. The molecule has 0 aromatic carbocycles. The smallest absolute Gasteiger partial charge is 0.410 e. The topological polar surface area (TPSA) is 86.7 Å². The zero-order chi connectivity index (χ0) is 19.9. The van der Waals surface area contributed by atoms with E-state index >= 15 is 0 Å². The van der Waals surface area contributed by atoms with Crippen LogP contribution in [0.5, 0.6) is 0 Å². The van der Waals surface area contributed by atoms with E-state index in [9.17, 15) is 9.90 Å². The molecule has 1 amide bonds. The molecule has 2 aliphatic rings. The van der Waals surface area contributed by atoms with Crippen molar-refractivity contribution >= 4 is 6.09 Å². The molecule has 2 aliphatic heterocycles. The number of rotatable bonds is 9. The van der Waals surface area contributed by atoms with Crippen LogP contribution >= 0.6 is 0 Å². The Hall–Kier alpha value is -0.930. The highest BCUT2D eigenvalue weighted by Crippen LogP contribution is 2.37. The van der Waals surface area contributed by atoms with Crippen molar-refractivity contribution in [1.29, 1.82) is 0 Å². The largest absolute Gasteiger partial charge is 0.444 e. The predicted molar refractivity (Wildman–Crippen MR) is 98.8 cm³/mol. The van der Waals surface area contributed by atoms with E-state index in [4.69, 9.17) is 23.7 Å². The van der Waals surface area contributed by atoms with E-state index in [2.05, 4.69) is 0 Å². The second-order valence-corrected chi connectivity index (χ2v) is 8.33. The molecule has 0 spiro atoms. The van der Waals surface area contributed by atoms with Gasteiger partial charge in [-0.05, 0) is 40.0 Å². The first kappa shape index (κ1) is 22.4. The van der Waals surface area contributed by atoms with Crippen molar-refractivity contribution in [2.75, 3.05) is 53.4 Å². The Balaban J connectivity index is 1.78. The van der Waals surface area contributed by atoms with Crippen LogP contribution in [0.4, 0.5) is 4.79 Å². The van der Waals surface area contributed by atoms with Crippen molar-refractivity contribution in [2.45, 2.75) is 63.3 Å². The van der Waals surface area contributed by atoms with Crippen molar-refractivity contribution in [2.24, 2.45) is 0 Å². The number of morpholine rings is 1. The molecule has 8 heteroatoms. The lowest BCUT2D eigenvalue weighted by molar-refractivity contribution is -0.144. The van der Waals surface area contributed by atoms with Crippen molar-refractivity contribution < 1.29 is 33.6 Å². The number of carbonyl (C=O) groups excluding carboxylic acids is 1. The number of piperidine rings is 1. The Morgan fingerprint density at radius 1 is 1.07 bits per heavy atom. The molecule has 0 aromatic rings. The lowest BCUT2D eigenvalue weighted by atomic mass is 9.79. The first-order valence-electron chi connectivity index (χ1n) is 9.70. The number of aliphatic hydroxyl groups is 1. The van der Waals surface area contributed by atoms with Gasteiger partial charge < -0.3 is 28.8 Å². The van der Waals surface area contributed by atoms with Gasteiger partial charge in [-0.15, -0.1) is 0 Å². The molecule has 0 aromatic heterocycles. The predicted octanol–water partition coefficient (Wildman–Crippen LogP) is 1.59. The third-order valence-electron chi connectivity index (χ3n) is 4.76. The summed E-state index contributed by atoms with van der Waals surface area (Å²) in [5, 5.41) is 11.0. The van der Waals surface area contributed by atoms with E-state index in [1.807, 2.05) is 20.8 Å². The van der Waals surface area contributed by atoms with E-state index in [0.717, 1.165) is 0 Å². The van der Waals surface area contributed by atoms with Gasteiger partial charge in [0.25, 0.3) is 0 Å². The average molecular weight is 389 g/mol. The zero-order valence-corrected chi connectivity index (χ0v) is 17.1. The first-order chi connectivity index (χ1) is 12.7. The lowest BCUT2D eigenvalue weighted by Gasteiger charge is -2.51. The maximum Gasteiger partial charge on any atom is 0.410 e. The molecule has 2 unspecified atom stereocenters. The molecule has 2 heterocycles. The number of hydrogen-bond acceptors (Lipinski definition) is 7. The van der Waals surface area contributed by atoms with Crippen LogP contribution in [0, 0.1) is 0 Å². The third-order valence-corrected chi connectivity index (χ3v) is 4.76. The summed E-state index contributed by atoms with van der Waals surface area (Å²) in [6.07, 6.45) is 1.14. The number of nitrogens with zero attached hydrogens (tertiary/aromatic N) is 1. The van der Waals surface area contributed by atoms with E-state index in [1.54, 1.807) is 12.0 Å². The van der Waals surface area contributed by atoms with Gasteiger partial charge in [0, 0.05) is 13.7 Å². The van der Waals surface area contributed by atoms with Gasteiger partial charge in [-0.25, -0.2) is 4.79 Å². The Morgan fingerprint density at radius 3 is 2.19 bits per heavy atom. The summed E-state index contributed by atoms with van der Waals surface area (Å²) in [7, 11) is 1.63. The molecule has 2 saturated heterocycles. The van der Waals surface area contributed by atoms with Crippen molar-refractivity contribution in [1.82, 2.24) is 4.90 Å². The summed E-state index contributed by atoms with van der Waals surface area (Å²) in [6, 6.07) is -0.343. The number of carbonyl (C=O) groups is 1. The van der Waals surface area contributed by atoms with Crippen molar-refractivity contribution in [3.63, 3.8) is 0 Å². The van der Waals surface area contributed by atoms with Crippen LogP contribution in [0.15, 0.2) is 0 Å². The summed E-state index contributed by atoms with van der Waals surface area (Å²) in [5.41, 5.74) is -1.40. The Bertz CT molecular complexity index is 451. The number of fused-ring (bicyclic) bond motifs is 2. The van der Waals surface area contributed by atoms with Gasteiger partial charge in [-0.3, -0.25) is 4.90 Å². The molecule has 0 saturated carbocycles. The average Bonchev–Trinajstić information content (AvgIpc) is 2.55. The maximum absolute atomic E-state index is 12.6. The van der Waals surface area contributed by atoms with Gasteiger partial charge >= 0.3 is 6.09 Å². The summed E-state index contributed by atoms with van der Waals surface area (Å²) < 4.78 is 27.0. The molecule has 27 heavy (non-hydrogen) atoms. The number of methoxy groups -OCH3 is 1. The van der Waals surface area contributed by atoms with Gasteiger partial charge in [0.15, 0.2) is 0 Å². The van der Waals surface area contributed by atoms with Crippen molar-refractivity contribution in [3.05, 3.63) is 0 Å². The van der Waals surface area contributed by atoms with E-state index in [0.29, 0.717) is 65.5 Å². The van der Waals surface area contributed by atoms with Gasteiger partial charge in [-0.1, -0.05) is 0 Å². The molecule has 8 nitrogen and oxygen atoms in total. The van der Waals surface area contributed by atoms with E-state index in [1.165, 1.54) is 0 Å². The molecule has 2 rings (SSSR count). The fourth-order valence-corrected chi connectivity index (χ4v) is 3.62. The van der Waals surface area contributed by atoms with Gasteiger partial charge in [0.05, 0.1) is 57.3 Å². The van der Waals surface area contributed by atoms with E-state index in [-0.39, 0.29) is 18.2 Å². The van der Waals surface area contributed by atoms with Gasteiger partial charge in [-0.2, -0.15) is 0 Å². The molecule has 2 fully saturated rings. The highest BCUT2D eigenvalue weighted by molar-refractivity contribution is 5.69. The van der Waals surface area contributed by atoms with Gasteiger partial charge in [0.2, 0.25) is 0 Å². The van der Waals surface area contributed by atoms with Gasteiger partial charge in [0.1, 0.15) is 5.60 Å². The quantitative estimate of drug-likeness (QED) is 0.599. The standard InChI is InChI=1S/C19H35NO7/c1-18(2,3)27-17(21)20-15-11-19(22,12-16(20)14-26-13-15)5-6-24-9-10-25-8-7-23-4/h15-16,22H,5-14H2,1-4H3. The first-order valence-corrected chi connectivity index (χ1v) is 9.70. The SMILES string of the molecule is COCCOCCOCCC1(O)CC2COCC(C1)N2C(=O)OC(C)(C)C. The summed E-state index contributed by atoms with van der Waals surface area (Å²) in [6.45, 7) is 8.98. The fraction of sp³-hybridized carbons (Fsp3) is 0.947. The molecule has 158 valence electrons. The maximum atomic E-state index is 12.6. The minimum atomic E-state index is -0.853. The Morgan fingerprint density at radius 2 is 1.63 bits per heavy atom. The minimum absolute atomic E-state index is 0.172. The summed E-state index contributed by atoms with van der Waals surface area (Å²) in [4.78, 5) is 14.3. The lowest BCUT2D eigenvalue weighted by Crippen LogP contribution is -2.64. The zero-order valence-electron chi connectivity index (χ0n) is 17.1. The molecular formula is C19H35NO7. The van der Waals surface area contributed by atoms with E-state index < -0.39 is 11.2 Å². The van der Waals surface area contributed by atoms with Crippen LogP contribution < -0.4 is 0 Å². The molecule has 1 N–H and O–H groups in total. The highest BCUT2D eigenvalue weighted by atomic mass is 16.6. The number of hydrogen-bond donors (Lipinski definition) is 1. The Labute approximate surface area is 162 Å². The normalized spacial score (nSPS) is 28.3. The monoisotopic (exact) mass is 389 g/mol. The molecule has 0 radical (unpaired) electrons. The minimum Gasteiger partial charge on any atom is -0.444 e. The molecule has 2 atom stereocenters. The van der Waals surface area contributed by atoms with Crippen LogP contribution in [-0.4, -0.2) is 92.7 Å². The third kappa shape index (κ3) is 7.19.